The van der Waals surface area contributed by atoms with Crippen LogP contribution in [-0.4, -0.2) is 65.8 Å². The van der Waals surface area contributed by atoms with Crippen LogP contribution >= 0.6 is 0 Å². The van der Waals surface area contributed by atoms with E-state index < -0.39 is 29.2 Å². The number of aliphatic carboxylic acids is 2. The lowest BCUT2D eigenvalue weighted by Crippen LogP contribution is -2.50. The maximum atomic E-state index is 11.5. The van der Waals surface area contributed by atoms with E-state index in [1.54, 1.807) is 27.7 Å². The van der Waals surface area contributed by atoms with Crippen molar-refractivity contribution in [3.05, 3.63) is 0 Å². The molecule has 0 aromatic rings. The summed E-state index contributed by atoms with van der Waals surface area (Å²) in [5, 5.41) is 20.9. The van der Waals surface area contributed by atoms with E-state index in [0.29, 0.717) is 6.61 Å². The van der Waals surface area contributed by atoms with E-state index >= 15 is 0 Å². The van der Waals surface area contributed by atoms with Gasteiger partial charge in [-0.25, -0.2) is 14.4 Å². The fraction of sp³-hybridized carbons (Fsp3) is 0.800. The first-order chi connectivity index (χ1) is 11.0. The fourth-order valence-electron chi connectivity index (χ4n) is 1.76. The highest BCUT2D eigenvalue weighted by atomic mass is 16.6. The van der Waals surface area contributed by atoms with E-state index in [-0.39, 0.29) is 32.6 Å². The Morgan fingerprint density at radius 2 is 1.62 bits per heavy atom. The number of hydrogen-bond donors (Lipinski definition) is 3. The summed E-state index contributed by atoms with van der Waals surface area (Å²) in [5.74, 6) is -3.19. The number of ether oxygens (including phenoxy) is 3. The van der Waals surface area contributed by atoms with Crippen LogP contribution in [0.2, 0.25) is 0 Å². The Hall–Kier alpha value is -1.87. The summed E-state index contributed by atoms with van der Waals surface area (Å²) in [6.45, 7) is 7.28. The summed E-state index contributed by atoms with van der Waals surface area (Å²) in [7, 11) is 0. The van der Waals surface area contributed by atoms with Gasteiger partial charge in [0.05, 0.1) is 13.2 Å². The topological polar surface area (TPSA) is 131 Å². The van der Waals surface area contributed by atoms with Gasteiger partial charge in [-0.05, 0) is 34.1 Å². The van der Waals surface area contributed by atoms with Crippen LogP contribution in [0.4, 0.5) is 4.79 Å². The van der Waals surface area contributed by atoms with E-state index in [1.807, 2.05) is 0 Å². The van der Waals surface area contributed by atoms with Gasteiger partial charge in [0.1, 0.15) is 5.60 Å². The molecule has 140 valence electrons. The molecule has 0 saturated heterocycles. The smallest absolute Gasteiger partial charge is 0.407 e. The SMILES string of the molecule is CCOCCOC(CCCNC(=O)OC(C)(C)C)(C(=O)O)C(=O)O. The van der Waals surface area contributed by atoms with Gasteiger partial charge in [0.25, 0.3) is 5.60 Å². The molecule has 0 heterocycles. The van der Waals surface area contributed by atoms with Gasteiger partial charge in [0, 0.05) is 19.6 Å². The molecule has 0 aromatic heterocycles. The number of carbonyl (C=O) groups excluding carboxylic acids is 1. The van der Waals surface area contributed by atoms with Crippen LogP contribution in [0, 0.1) is 0 Å². The lowest BCUT2D eigenvalue weighted by atomic mass is 9.97. The van der Waals surface area contributed by atoms with Gasteiger partial charge in [-0.1, -0.05) is 0 Å². The molecule has 0 radical (unpaired) electrons. The average molecular weight is 349 g/mol. The molecule has 0 atom stereocenters. The molecule has 0 saturated carbocycles. The Labute approximate surface area is 141 Å². The number of alkyl carbamates (subject to hydrolysis) is 1. The number of rotatable bonds is 11. The molecule has 0 aliphatic carbocycles. The second-order valence-electron chi connectivity index (χ2n) is 6.01. The van der Waals surface area contributed by atoms with Crippen LogP contribution in [0.5, 0.6) is 0 Å². The number of carbonyl (C=O) groups is 3. The number of hydrogen-bond acceptors (Lipinski definition) is 6. The van der Waals surface area contributed by atoms with Gasteiger partial charge < -0.3 is 29.7 Å². The van der Waals surface area contributed by atoms with Crippen molar-refractivity contribution in [1.29, 1.82) is 0 Å². The Morgan fingerprint density at radius 1 is 1.04 bits per heavy atom. The second-order valence-corrected chi connectivity index (χ2v) is 6.01. The number of nitrogens with one attached hydrogen (secondary N) is 1. The second kappa shape index (κ2) is 10.1. The van der Waals surface area contributed by atoms with Crippen molar-refractivity contribution in [2.24, 2.45) is 0 Å². The highest BCUT2D eigenvalue weighted by Crippen LogP contribution is 2.19. The van der Waals surface area contributed by atoms with Gasteiger partial charge in [0.2, 0.25) is 0 Å². The van der Waals surface area contributed by atoms with E-state index in [1.165, 1.54) is 0 Å². The summed E-state index contributed by atoms with van der Waals surface area (Å²) in [5.41, 5.74) is -3.02. The van der Waals surface area contributed by atoms with E-state index in [0.717, 1.165) is 0 Å². The molecule has 9 nitrogen and oxygen atoms in total. The summed E-state index contributed by atoms with van der Waals surface area (Å²) in [6.07, 6.45) is -0.873. The van der Waals surface area contributed by atoms with E-state index in [2.05, 4.69) is 5.32 Å². The molecule has 0 fully saturated rings. The van der Waals surface area contributed by atoms with Crippen molar-refractivity contribution in [1.82, 2.24) is 5.32 Å². The summed E-state index contributed by atoms with van der Waals surface area (Å²) >= 11 is 0. The molecule has 1 amide bonds. The lowest BCUT2D eigenvalue weighted by molar-refractivity contribution is -0.186. The molecular weight excluding hydrogens is 322 g/mol. The van der Waals surface area contributed by atoms with Crippen molar-refractivity contribution in [2.45, 2.75) is 51.7 Å². The van der Waals surface area contributed by atoms with Crippen molar-refractivity contribution >= 4 is 18.0 Å². The largest absolute Gasteiger partial charge is 0.479 e. The van der Waals surface area contributed by atoms with Crippen LogP contribution in [-0.2, 0) is 23.8 Å². The molecule has 0 aliphatic heterocycles. The minimum atomic E-state index is -2.37. The van der Waals surface area contributed by atoms with Crippen molar-refractivity contribution in [2.75, 3.05) is 26.4 Å². The predicted molar refractivity (Wildman–Crippen MR) is 83.9 cm³/mol. The highest BCUT2D eigenvalue weighted by Gasteiger charge is 2.47. The quantitative estimate of drug-likeness (QED) is 0.375. The molecule has 0 aromatic carbocycles. The van der Waals surface area contributed by atoms with Crippen molar-refractivity contribution < 1.29 is 38.8 Å². The first-order valence-electron chi connectivity index (χ1n) is 7.70. The molecule has 0 bridgehead atoms. The first kappa shape index (κ1) is 22.1. The maximum Gasteiger partial charge on any atom is 0.407 e. The van der Waals surface area contributed by atoms with Gasteiger partial charge in [-0.3, -0.25) is 0 Å². The van der Waals surface area contributed by atoms with Gasteiger partial charge in [-0.15, -0.1) is 0 Å². The molecule has 24 heavy (non-hydrogen) atoms. The third-order valence-electron chi connectivity index (χ3n) is 2.85. The number of carboxylic acids is 2. The molecule has 0 aliphatic rings. The molecular formula is C15H27NO8. The zero-order valence-corrected chi connectivity index (χ0v) is 14.6. The minimum absolute atomic E-state index is 0.0616. The zero-order chi connectivity index (χ0) is 18.8. The molecule has 0 rings (SSSR count). The Balaban J connectivity index is 4.54. The third kappa shape index (κ3) is 8.11. The molecule has 9 heteroatoms. The number of amides is 1. The molecule has 3 N–H and O–H groups in total. The highest BCUT2D eigenvalue weighted by molar-refractivity contribution is 6.01. The van der Waals surface area contributed by atoms with Gasteiger partial charge in [0.15, 0.2) is 0 Å². The van der Waals surface area contributed by atoms with Gasteiger partial charge >= 0.3 is 18.0 Å². The zero-order valence-electron chi connectivity index (χ0n) is 14.6. The molecule has 0 unspecified atom stereocenters. The maximum absolute atomic E-state index is 11.5. The van der Waals surface area contributed by atoms with E-state index in [9.17, 15) is 24.6 Å². The van der Waals surface area contributed by atoms with Gasteiger partial charge in [-0.2, -0.15) is 0 Å². The Bertz CT molecular complexity index is 416. The molecule has 0 spiro atoms. The summed E-state index contributed by atoms with van der Waals surface area (Å²) in [4.78, 5) is 34.2. The Kier molecular flexibility index (Phi) is 9.30. The number of carboxylic acid groups (broad SMARTS) is 2. The van der Waals surface area contributed by atoms with Crippen LogP contribution in [0.3, 0.4) is 0 Å². The summed E-state index contributed by atoms with van der Waals surface area (Å²) in [6, 6.07) is 0. The van der Waals surface area contributed by atoms with Crippen molar-refractivity contribution in [3.63, 3.8) is 0 Å². The third-order valence-corrected chi connectivity index (χ3v) is 2.85. The first-order valence-corrected chi connectivity index (χ1v) is 7.70. The van der Waals surface area contributed by atoms with Crippen molar-refractivity contribution in [3.8, 4) is 0 Å². The van der Waals surface area contributed by atoms with Crippen LogP contribution in [0.25, 0.3) is 0 Å². The predicted octanol–water partition coefficient (Wildman–Crippen LogP) is 1.25. The standard InChI is InChI=1S/C15H27NO8/c1-5-22-9-10-23-15(11(17)18,12(19)20)7-6-8-16-13(21)24-14(2,3)4/h5-10H2,1-4H3,(H,16,21)(H,17,18)(H,19,20). The van der Waals surface area contributed by atoms with Crippen LogP contribution in [0.15, 0.2) is 0 Å². The lowest BCUT2D eigenvalue weighted by Gasteiger charge is -2.25. The normalized spacial score (nSPS) is 11.8. The van der Waals surface area contributed by atoms with Crippen LogP contribution in [0.1, 0.15) is 40.5 Å². The van der Waals surface area contributed by atoms with E-state index in [4.69, 9.17) is 14.2 Å². The average Bonchev–Trinajstić information content (AvgIpc) is 2.43. The Morgan fingerprint density at radius 3 is 2.08 bits per heavy atom. The monoisotopic (exact) mass is 349 g/mol. The fourth-order valence-corrected chi connectivity index (χ4v) is 1.76. The minimum Gasteiger partial charge on any atom is -0.479 e. The van der Waals surface area contributed by atoms with Crippen LogP contribution < -0.4 is 5.32 Å². The summed E-state index contributed by atoms with van der Waals surface area (Å²) < 4.78 is 15.1.